The van der Waals surface area contributed by atoms with Crippen LogP contribution < -0.4 is 26.0 Å². The molecule has 3 amide bonds. The zero-order valence-corrected chi connectivity index (χ0v) is 26.9. The number of carbonyl (C=O) groups excluding carboxylic acids is 3. The standard InChI is InChI=1S/C33H38N6O6S/c1-33(2,3)45-32(42)38-26-7-5-4-6-25(26)36-29(40)23-10-8-22(9-11-23)21-35-30-37-27-13-12-24(20-28(27)46-30)44-31(41)34-14-15-39-16-18-43-19-17-39/h4-13,20H,14-19,21H2,1-3H3,(H,34,41)(H,35,37)(H,36,40)(H,38,42). The fourth-order valence-corrected chi connectivity index (χ4v) is 5.48. The van der Waals surface area contributed by atoms with E-state index in [0.29, 0.717) is 35.8 Å². The number of fused-ring (bicyclic) bond motifs is 1. The summed E-state index contributed by atoms with van der Waals surface area (Å²) < 4.78 is 17.0. The molecule has 46 heavy (non-hydrogen) atoms. The second-order valence-electron chi connectivity index (χ2n) is 11.6. The number of aromatic nitrogens is 1. The van der Waals surface area contributed by atoms with E-state index in [1.165, 1.54) is 11.3 Å². The first-order valence-corrected chi connectivity index (χ1v) is 15.8. The summed E-state index contributed by atoms with van der Waals surface area (Å²) in [6.45, 7) is 10.3. The number of hydrogen-bond donors (Lipinski definition) is 4. The molecule has 13 heteroatoms. The molecule has 1 aliphatic heterocycles. The molecule has 1 fully saturated rings. The van der Waals surface area contributed by atoms with Crippen LogP contribution in [0.15, 0.2) is 66.7 Å². The number of hydrogen-bond acceptors (Lipinski definition) is 10. The van der Waals surface area contributed by atoms with E-state index in [1.807, 2.05) is 18.2 Å². The summed E-state index contributed by atoms with van der Waals surface area (Å²) in [4.78, 5) is 44.3. The predicted molar refractivity (Wildman–Crippen MR) is 179 cm³/mol. The monoisotopic (exact) mass is 646 g/mol. The summed E-state index contributed by atoms with van der Waals surface area (Å²) in [5.74, 6) is 0.136. The van der Waals surface area contributed by atoms with Crippen molar-refractivity contribution in [2.75, 3.05) is 55.3 Å². The lowest BCUT2D eigenvalue weighted by molar-refractivity contribution is 0.0385. The van der Waals surface area contributed by atoms with Crippen LogP contribution in [0.25, 0.3) is 10.2 Å². The molecule has 1 saturated heterocycles. The average molecular weight is 647 g/mol. The van der Waals surface area contributed by atoms with E-state index in [9.17, 15) is 14.4 Å². The van der Waals surface area contributed by atoms with Crippen LogP contribution in [-0.4, -0.2) is 73.0 Å². The van der Waals surface area contributed by atoms with Crippen LogP contribution in [0.1, 0.15) is 36.7 Å². The highest BCUT2D eigenvalue weighted by Crippen LogP contribution is 2.30. The molecule has 2 heterocycles. The van der Waals surface area contributed by atoms with Gasteiger partial charge in [-0.2, -0.15) is 0 Å². The normalized spacial score (nSPS) is 13.5. The van der Waals surface area contributed by atoms with Crippen molar-refractivity contribution in [1.82, 2.24) is 15.2 Å². The van der Waals surface area contributed by atoms with Crippen molar-refractivity contribution < 1.29 is 28.6 Å². The van der Waals surface area contributed by atoms with Gasteiger partial charge in [0.05, 0.1) is 34.8 Å². The van der Waals surface area contributed by atoms with E-state index < -0.39 is 17.8 Å². The number of para-hydroxylation sites is 2. The van der Waals surface area contributed by atoms with Gasteiger partial charge in [-0.15, -0.1) is 0 Å². The minimum atomic E-state index is -0.646. The Labute approximate surface area is 271 Å². The maximum atomic E-state index is 13.0. The molecule has 0 aliphatic carbocycles. The number of carbonyl (C=O) groups is 3. The lowest BCUT2D eigenvalue weighted by Crippen LogP contribution is -2.41. The highest BCUT2D eigenvalue weighted by Gasteiger charge is 2.18. The number of morpholine rings is 1. The summed E-state index contributed by atoms with van der Waals surface area (Å²) >= 11 is 1.46. The second kappa shape index (κ2) is 15.0. The summed E-state index contributed by atoms with van der Waals surface area (Å²) in [5, 5.41) is 12.4. The topological polar surface area (TPSA) is 143 Å². The quantitative estimate of drug-likeness (QED) is 0.165. The summed E-state index contributed by atoms with van der Waals surface area (Å²) in [5.41, 5.74) is 2.46. The molecule has 0 unspecified atom stereocenters. The number of rotatable bonds is 10. The first-order valence-electron chi connectivity index (χ1n) is 15.0. The van der Waals surface area contributed by atoms with Gasteiger partial charge in [0.25, 0.3) is 5.91 Å². The van der Waals surface area contributed by atoms with Gasteiger partial charge in [-0.25, -0.2) is 14.6 Å². The smallest absolute Gasteiger partial charge is 0.412 e. The predicted octanol–water partition coefficient (Wildman–Crippen LogP) is 5.93. The van der Waals surface area contributed by atoms with Gasteiger partial charge in [0.15, 0.2) is 5.13 Å². The SMILES string of the molecule is CC(C)(C)OC(=O)Nc1ccccc1NC(=O)c1ccc(CNc2nc3ccc(OC(=O)NCCN4CCOCC4)cc3s2)cc1. The number of amides is 3. The molecular formula is C33H38N6O6S. The van der Waals surface area contributed by atoms with Crippen molar-refractivity contribution in [3.63, 3.8) is 0 Å². The number of ether oxygens (including phenoxy) is 3. The molecule has 1 aliphatic rings. The maximum Gasteiger partial charge on any atom is 0.412 e. The summed E-state index contributed by atoms with van der Waals surface area (Å²) in [7, 11) is 0. The van der Waals surface area contributed by atoms with Gasteiger partial charge < -0.3 is 30.2 Å². The van der Waals surface area contributed by atoms with Crippen molar-refractivity contribution in [1.29, 1.82) is 0 Å². The minimum Gasteiger partial charge on any atom is -0.444 e. The van der Waals surface area contributed by atoms with Gasteiger partial charge in [-0.05, 0) is 62.7 Å². The van der Waals surface area contributed by atoms with Crippen molar-refractivity contribution in [2.45, 2.75) is 32.9 Å². The molecular weight excluding hydrogens is 608 g/mol. The van der Waals surface area contributed by atoms with Crippen LogP contribution in [-0.2, 0) is 16.0 Å². The van der Waals surface area contributed by atoms with Gasteiger partial charge >= 0.3 is 12.2 Å². The van der Waals surface area contributed by atoms with Crippen LogP contribution in [0.2, 0.25) is 0 Å². The second-order valence-corrected chi connectivity index (χ2v) is 12.6. The van der Waals surface area contributed by atoms with E-state index in [-0.39, 0.29) is 5.91 Å². The first-order chi connectivity index (χ1) is 22.1. The number of nitrogens with zero attached hydrogens (tertiary/aromatic N) is 2. The third-order valence-electron chi connectivity index (χ3n) is 6.84. The van der Waals surface area contributed by atoms with E-state index in [1.54, 1.807) is 69.3 Å². The van der Waals surface area contributed by atoms with E-state index in [0.717, 1.165) is 53.8 Å². The molecule has 0 bridgehead atoms. The molecule has 0 spiro atoms. The maximum absolute atomic E-state index is 13.0. The van der Waals surface area contributed by atoms with Gasteiger partial charge in [0, 0.05) is 44.4 Å². The Morgan fingerprint density at radius 1 is 0.935 bits per heavy atom. The molecule has 4 N–H and O–H groups in total. The fraction of sp³-hybridized carbons (Fsp3) is 0.333. The van der Waals surface area contributed by atoms with Crippen LogP contribution in [0.3, 0.4) is 0 Å². The summed E-state index contributed by atoms with van der Waals surface area (Å²) in [6, 6.07) is 19.5. The van der Waals surface area contributed by atoms with Crippen LogP contribution in [0, 0.1) is 0 Å². The minimum absolute atomic E-state index is 0.312. The number of nitrogens with one attached hydrogen (secondary N) is 4. The van der Waals surface area contributed by atoms with E-state index in [2.05, 4.69) is 31.2 Å². The highest BCUT2D eigenvalue weighted by molar-refractivity contribution is 7.22. The third kappa shape index (κ3) is 9.64. The molecule has 242 valence electrons. The van der Waals surface area contributed by atoms with Crippen molar-refractivity contribution in [3.05, 3.63) is 77.9 Å². The largest absolute Gasteiger partial charge is 0.444 e. The van der Waals surface area contributed by atoms with Crippen molar-refractivity contribution in [3.8, 4) is 5.75 Å². The molecule has 0 saturated carbocycles. The van der Waals surface area contributed by atoms with Gasteiger partial charge in [0.2, 0.25) is 0 Å². The lowest BCUT2D eigenvalue weighted by atomic mass is 10.1. The number of anilines is 3. The van der Waals surface area contributed by atoms with Crippen LogP contribution in [0.4, 0.5) is 26.1 Å². The molecule has 1 aromatic heterocycles. The van der Waals surface area contributed by atoms with Crippen molar-refractivity contribution in [2.24, 2.45) is 0 Å². The van der Waals surface area contributed by atoms with Gasteiger partial charge in [-0.1, -0.05) is 35.6 Å². The van der Waals surface area contributed by atoms with Gasteiger partial charge in [0.1, 0.15) is 11.4 Å². The first kappa shape index (κ1) is 32.7. The molecule has 12 nitrogen and oxygen atoms in total. The Hall–Kier alpha value is -4.72. The highest BCUT2D eigenvalue weighted by atomic mass is 32.1. The third-order valence-corrected chi connectivity index (χ3v) is 7.82. The Morgan fingerprint density at radius 2 is 1.65 bits per heavy atom. The average Bonchev–Trinajstić information content (AvgIpc) is 3.43. The Morgan fingerprint density at radius 3 is 2.37 bits per heavy atom. The summed E-state index contributed by atoms with van der Waals surface area (Å²) in [6.07, 6.45) is -1.10. The molecule has 5 rings (SSSR count). The molecule has 4 aromatic rings. The zero-order valence-electron chi connectivity index (χ0n) is 26.1. The number of thiazole rings is 1. The van der Waals surface area contributed by atoms with Gasteiger partial charge in [-0.3, -0.25) is 15.0 Å². The Bertz CT molecular complexity index is 1660. The van der Waals surface area contributed by atoms with E-state index >= 15 is 0 Å². The van der Waals surface area contributed by atoms with Crippen LogP contribution in [0.5, 0.6) is 5.75 Å². The Balaban J connectivity index is 1.10. The molecule has 0 radical (unpaired) electrons. The lowest BCUT2D eigenvalue weighted by Gasteiger charge is -2.26. The van der Waals surface area contributed by atoms with Crippen molar-refractivity contribution >= 4 is 56.2 Å². The molecule has 0 atom stereocenters. The Kier molecular flexibility index (Phi) is 10.7. The fourth-order valence-electron chi connectivity index (χ4n) is 4.59. The van der Waals surface area contributed by atoms with E-state index in [4.69, 9.17) is 14.2 Å². The number of benzene rings is 3. The molecule has 3 aromatic carbocycles. The zero-order chi connectivity index (χ0) is 32.5. The van der Waals surface area contributed by atoms with Crippen LogP contribution >= 0.6 is 11.3 Å².